The van der Waals surface area contributed by atoms with Crippen LogP contribution in [0.3, 0.4) is 0 Å². The van der Waals surface area contributed by atoms with Crippen molar-refractivity contribution in [2.45, 2.75) is 26.1 Å². The van der Waals surface area contributed by atoms with Crippen molar-refractivity contribution in [3.63, 3.8) is 0 Å². The van der Waals surface area contributed by atoms with Crippen molar-refractivity contribution in [1.29, 1.82) is 0 Å². The van der Waals surface area contributed by atoms with E-state index in [1.165, 1.54) is 9.78 Å². The van der Waals surface area contributed by atoms with E-state index in [4.69, 9.17) is 4.74 Å². The van der Waals surface area contributed by atoms with Crippen molar-refractivity contribution in [3.8, 4) is 0 Å². The predicted molar refractivity (Wildman–Crippen MR) is 92.6 cm³/mol. The molecule has 26 heavy (non-hydrogen) atoms. The molecule has 0 spiro atoms. The molecule has 1 aromatic rings. The SMILES string of the molecule is Cc1nc(N2CCN(C(=O)[C@H]3COCCN3CC(F)(F)F)CC2)sc1C. The minimum Gasteiger partial charge on any atom is -0.378 e. The Bertz CT molecular complexity index is 624. The van der Waals surface area contributed by atoms with Crippen LogP contribution >= 0.6 is 11.3 Å². The molecule has 3 heterocycles. The average Bonchev–Trinajstić information content (AvgIpc) is 2.93. The molecule has 6 nitrogen and oxygen atoms in total. The zero-order chi connectivity index (χ0) is 18.9. The lowest BCUT2D eigenvalue weighted by atomic mass is 10.1. The number of carbonyl (C=O) groups excluding carboxylic acids is 1. The number of thiazole rings is 1. The van der Waals surface area contributed by atoms with Crippen LogP contribution in [-0.4, -0.2) is 85.4 Å². The summed E-state index contributed by atoms with van der Waals surface area (Å²) >= 11 is 1.62. The van der Waals surface area contributed by atoms with Gasteiger partial charge in [0.05, 0.1) is 25.5 Å². The first-order valence-electron chi connectivity index (χ1n) is 8.61. The van der Waals surface area contributed by atoms with E-state index in [0.29, 0.717) is 26.2 Å². The molecule has 0 aliphatic carbocycles. The first-order valence-corrected chi connectivity index (χ1v) is 9.42. The summed E-state index contributed by atoms with van der Waals surface area (Å²) in [7, 11) is 0. The molecular weight excluding hydrogens is 369 g/mol. The van der Waals surface area contributed by atoms with Gasteiger partial charge < -0.3 is 14.5 Å². The van der Waals surface area contributed by atoms with E-state index >= 15 is 0 Å². The maximum absolute atomic E-state index is 12.8. The predicted octanol–water partition coefficient (Wildman–Crippen LogP) is 1.67. The van der Waals surface area contributed by atoms with Crippen LogP contribution in [0.2, 0.25) is 0 Å². The molecule has 0 aromatic carbocycles. The van der Waals surface area contributed by atoms with E-state index < -0.39 is 18.8 Å². The number of rotatable bonds is 3. The van der Waals surface area contributed by atoms with Gasteiger partial charge in [0.25, 0.3) is 0 Å². The molecule has 0 bridgehead atoms. The smallest absolute Gasteiger partial charge is 0.378 e. The summed E-state index contributed by atoms with van der Waals surface area (Å²) < 4.78 is 43.6. The summed E-state index contributed by atoms with van der Waals surface area (Å²) in [5, 5.41) is 0.937. The highest BCUT2D eigenvalue weighted by atomic mass is 32.1. The second kappa shape index (κ2) is 7.69. The van der Waals surface area contributed by atoms with Gasteiger partial charge in [-0.2, -0.15) is 13.2 Å². The van der Waals surface area contributed by atoms with Gasteiger partial charge in [-0.1, -0.05) is 0 Å². The standard InChI is InChI=1S/C16H23F3N4O2S/c1-11-12(2)26-15(20-11)22-5-3-21(4-6-22)14(24)13-9-25-8-7-23(13)10-16(17,18)19/h13H,3-10H2,1-2H3/t13-/m1/s1. The Balaban J connectivity index is 1.60. The molecule has 2 aliphatic heterocycles. The van der Waals surface area contributed by atoms with E-state index in [-0.39, 0.29) is 25.7 Å². The van der Waals surface area contributed by atoms with Crippen molar-refractivity contribution in [2.24, 2.45) is 0 Å². The molecule has 2 aliphatic rings. The number of aromatic nitrogens is 1. The van der Waals surface area contributed by atoms with Crippen LogP contribution in [0.15, 0.2) is 0 Å². The third-order valence-corrected chi connectivity index (χ3v) is 5.92. The number of ether oxygens (including phenoxy) is 1. The fraction of sp³-hybridized carbons (Fsp3) is 0.750. The van der Waals surface area contributed by atoms with Gasteiger partial charge >= 0.3 is 6.18 Å². The van der Waals surface area contributed by atoms with Crippen molar-refractivity contribution >= 4 is 22.4 Å². The van der Waals surface area contributed by atoms with E-state index in [1.807, 2.05) is 13.8 Å². The lowest BCUT2D eigenvalue weighted by molar-refractivity contribution is -0.170. The number of halogens is 3. The zero-order valence-corrected chi connectivity index (χ0v) is 15.7. The maximum Gasteiger partial charge on any atom is 0.401 e. The molecule has 3 rings (SSSR count). The Morgan fingerprint density at radius 3 is 2.50 bits per heavy atom. The van der Waals surface area contributed by atoms with Crippen LogP contribution < -0.4 is 4.90 Å². The number of hydrogen-bond acceptors (Lipinski definition) is 6. The Morgan fingerprint density at radius 2 is 1.92 bits per heavy atom. The molecule has 0 radical (unpaired) electrons. The molecule has 2 fully saturated rings. The van der Waals surface area contributed by atoms with E-state index in [2.05, 4.69) is 9.88 Å². The molecular formula is C16H23F3N4O2S. The van der Waals surface area contributed by atoms with E-state index in [0.717, 1.165) is 10.8 Å². The largest absolute Gasteiger partial charge is 0.401 e. The van der Waals surface area contributed by atoms with Crippen LogP contribution in [0.5, 0.6) is 0 Å². The summed E-state index contributed by atoms with van der Waals surface area (Å²) in [6.45, 7) is 5.48. The minimum absolute atomic E-state index is 0.0139. The molecule has 146 valence electrons. The van der Waals surface area contributed by atoms with Crippen LogP contribution in [0.1, 0.15) is 10.6 Å². The highest BCUT2D eigenvalue weighted by molar-refractivity contribution is 7.15. The number of aryl methyl sites for hydroxylation is 2. The Hall–Kier alpha value is -1.39. The fourth-order valence-electron chi connectivity index (χ4n) is 3.20. The Morgan fingerprint density at radius 1 is 1.23 bits per heavy atom. The molecule has 1 aromatic heterocycles. The third kappa shape index (κ3) is 4.47. The molecule has 10 heteroatoms. The lowest BCUT2D eigenvalue weighted by Crippen LogP contribution is -2.59. The molecule has 0 saturated carbocycles. The summed E-state index contributed by atoms with van der Waals surface area (Å²) in [4.78, 5) is 23.4. The number of carbonyl (C=O) groups is 1. The minimum atomic E-state index is -4.32. The van der Waals surface area contributed by atoms with Crippen LogP contribution in [0.4, 0.5) is 18.3 Å². The molecule has 2 saturated heterocycles. The summed E-state index contributed by atoms with van der Waals surface area (Å²) in [6, 6.07) is -0.860. The highest BCUT2D eigenvalue weighted by Gasteiger charge is 2.40. The van der Waals surface area contributed by atoms with Gasteiger partial charge in [0.2, 0.25) is 5.91 Å². The molecule has 0 N–H and O–H groups in total. The molecule has 1 atom stereocenters. The lowest BCUT2D eigenvalue weighted by Gasteiger charge is -2.40. The second-order valence-electron chi connectivity index (χ2n) is 6.63. The average molecular weight is 392 g/mol. The van der Waals surface area contributed by atoms with Gasteiger partial charge in [0.1, 0.15) is 6.04 Å². The number of nitrogens with zero attached hydrogens (tertiary/aromatic N) is 4. The third-order valence-electron chi connectivity index (χ3n) is 4.79. The van der Waals surface area contributed by atoms with Crippen LogP contribution in [-0.2, 0) is 9.53 Å². The Kier molecular flexibility index (Phi) is 5.73. The quantitative estimate of drug-likeness (QED) is 0.783. The topological polar surface area (TPSA) is 48.9 Å². The van der Waals surface area contributed by atoms with Gasteiger partial charge in [0.15, 0.2) is 5.13 Å². The van der Waals surface area contributed by atoms with Crippen LogP contribution in [0.25, 0.3) is 0 Å². The van der Waals surface area contributed by atoms with Gasteiger partial charge in [0, 0.05) is 37.6 Å². The zero-order valence-electron chi connectivity index (χ0n) is 14.9. The van der Waals surface area contributed by atoms with Gasteiger partial charge in [-0.3, -0.25) is 9.69 Å². The summed E-state index contributed by atoms with van der Waals surface area (Å²) in [5.74, 6) is -0.278. The number of amides is 1. The summed E-state index contributed by atoms with van der Waals surface area (Å²) in [6.07, 6.45) is -4.32. The number of morpholine rings is 1. The van der Waals surface area contributed by atoms with Crippen molar-refractivity contribution in [1.82, 2.24) is 14.8 Å². The number of piperazine rings is 1. The van der Waals surface area contributed by atoms with Gasteiger partial charge in [-0.15, -0.1) is 11.3 Å². The summed E-state index contributed by atoms with van der Waals surface area (Å²) in [5.41, 5.74) is 1.01. The molecule has 0 unspecified atom stereocenters. The number of hydrogen-bond donors (Lipinski definition) is 0. The van der Waals surface area contributed by atoms with Crippen molar-refractivity contribution in [3.05, 3.63) is 10.6 Å². The van der Waals surface area contributed by atoms with Crippen molar-refractivity contribution in [2.75, 3.05) is 57.4 Å². The normalized spacial score (nSPS) is 22.7. The van der Waals surface area contributed by atoms with Crippen LogP contribution in [0, 0.1) is 13.8 Å². The van der Waals surface area contributed by atoms with Gasteiger partial charge in [-0.25, -0.2) is 4.98 Å². The van der Waals surface area contributed by atoms with E-state index in [9.17, 15) is 18.0 Å². The molecule has 1 amide bonds. The second-order valence-corrected chi connectivity index (χ2v) is 7.81. The van der Waals surface area contributed by atoms with Gasteiger partial charge in [-0.05, 0) is 13.8 Å². The van der Waals surface area contributed by atoms with Crippen molar-refractivity contribution < 1.29 is 22.7 Å². The number of alkyl halides is 3. The number of anilines is 1. The monoisotopic (exact) mass is 392 g/mol. The van der Waals surface area contributed by atoms with E-state index in [1.54, 1.807) is 16.2 Å². The first-order chi connectivity index (χ1) is 12.2. The fourth-order valence-corrected chi connectivity index (χ4v) is 4.17. The Labute approximate surface area is 154 Å². The maximum atomic E-state index is 12.8. The highest BCUT2D eigenvalue weighted by Crippen LogP contribution is 2.26. The first kappa shape index (κ1) is 19.4.